The second-order valence-corrected chi connectivity index (χ2v) is 23.7. The molecular weight excluding hydrogens is 1430 g/mol. The third-order valence-electron chi connectivity index (χ3n) is 12.0. The summed E-state index contributed by atoms with van der Waals surface area (Å²) in [5.41, 5.74) is 9.05. The Bertz CT molecular complexity index is 4170. The lowest BCUT2D eigenvalue weighted by Gasteiger charge is -1.93. The molecule has 4 aromatic carbocycles. The zero-order valence-electron chi connectivity index (χ0n) is 63.3. The van der Waals surface area contributed by atoms with Crippen molar-refractivity contribution in [3.8, 4) is 0 Å². The molecule has 576 valence electrons. The van der Waals surface area contributed by atoms with Crippen LogP contribution < -0.4 is 0 Å². The first-order valence-electron chi connectivity index (χ1n) is 32.8. The monoisotopic (exact) mass is 1530 g/mol. The van der Waals surface area contributed by atoms with Crippen LogP contribution in [-0.4, -0.2) is 151 Å². The average Bonchev–Trinajstić information content (AvgIpc) is 2.57. The van der Waals surface area contributed by atoms with E-state index in [2.05, 4.69) is 163 Å². The van der Waals surface area contributed by atoms with Crippen molar-refractivity contribution in [3.63, 3.8) is 0 Å². The third kappa shape index (κ3) is 40.6. The van der Waals surface area contributed by atoms with E-state index in [9.17, 15) is 0 Å². The molecule has 0 saturated carbocycles. The number of fused-ring (bicyclic) bond motifs is 4. The molecule has 0 fully saturated rings. The van der Waals surface area contributed by atoms with Gasteiger partial charge in [-0.15, -0.1) is 74.8 Å². The minimum Gasteiger partial charge on any atom is -0.449 e. The number of nitrogens with one attached hydrogen (secondary N) is 6. The zero-order valence-corrected chi connectivity index (χ0v) is 65.8. The number of nitrogens with zero attached hydrogens (tertiary/aromatic N) is 24. The number of H-pyrrole nitrogens is 6. The Morgan fingerprint density at radius 3 is 1.41 bits per heavy atom. The number of hydrogen-bond acceptors (Lipinski definition) is 28. The van der Waals surface area contributed by atoms with Gasteiger partial charge in [0.2, 0.25) is 12.3 Å². The highest BCUT2D eigenvalue weighted by atomic mass is 32.1. The number of thiazole rings is 2. The van der Waals surface area contributed by atoms with E-state index in [1.165, 1.54) is 29.3 Å². The summed E-state index contributed by atoms with van der Waals surface area (Å²) in [4.78, 5) is 46.2. The van der Waals surface area contributed by atoms with E-state index in [1.807, 2.05) is 212 Å². The number of aromatic nitrogens is 30. The van der Waals surface area contributed by atoms with Crippen LogP contribution in [0, 0.1) is 96.9 Å². The predicted molar refractivity (Wildman–Crippen MR) is 429 cm³/mol. The van der Waals surface area contributed by atoms with Gasteiger partial charge in [0.1, 0.15) is 69.9 Å². The largest absolute Gasteiger partial charge is 0.449 e. The molecule has 14 heterocycles. The molecule has 0 radical (unpaired) electrons. The van der Waals surface area contributed by atoms with E-state index >= 15 is 0 Å². The lowest BCUT2D eigenvalue weighted by Crippen LogP contribution is -1.89. The summed E-state index contributed by atoms with van der Waals surface area (Å²) in [5, 5.41) is 57.3. The van der Waals surface area contributed by atoms with Crippen molar-refractivity contribution in [1.82, 2.24) is 151 Å². The molecule has 14 aromatic heterocycles. The predicted octanol–water partition coefficient (Wildman–Crippen LogP) is 16.2. The van der Waals surface area contributed by atoms with Crippen molar-refractivity contribution in [2.24, 2.45) is 14.1 Å². The van der Waals surface area contributed by atoms with Gasteiger partial charge in [-0.05, 0) is 125 Å². The maximum absolute atomic E-state index is 5.26. The molecule has 0 bridgehead atoms. The van der Waals surface area contributed by atoms with Crippen LogP contribution in [0.15, 0.2) is 184 Å². The molecule has 0 aliphatic carbocycles. The summed E-state index contributed by atoms with van der Waals surface area (Å²) in [5.74, 6) is 9.17. The maximum Gasteiger partial charge on any atom is 0.213 e. The van der Waals surface area contributed by atoms with Gasteiger partial charge in [0.15, 0.2) is 29.0 Å². The smallest absolute Gasteiger partial charge is 0.213 e. The number of para-hydroxylation sites is 7. The minimum absolute atomic E-state index is 0. The molecule has 33 nitrogen and oxygen atoms in total. The van der Waals surface area contributed by atoms with Gasteiger partial charge < -0.3 is 32.4 Å². The van der Waals surface area contributed by atoms with Crippen molar-refractivity contribution in [3.05, 3.63) is 250 Å². The first-order chi connectivity index (χ1) is 51.2. The number of aryl methyl sites for hydroxylation is 16. The standard InChI is InChI=1S/C9H10N2.C8H8N2.C8H7NO.C8H7NS.C5H8N2.C4H6N2.C4H5NO.C4H5NS.2C3H5N3.C3H4N2O.C3H4N2S.2C2H4N4.2C2H6.2CH4/c1-7-10-8-5-3-4-6-9(8)11(7)2;3*1-6-9-7-4-2-3-5-8(7)10-6;1-5-6-3-4-7(5)2;3*1-4-5-2-3-6-4;2*1-3-4-2-5-6-3;2*1-3-5-4-2-6-3;2*1-2-3-5-6-4-2;2*1-2;;/h3-6H,1-2H3;2-5H,1H3,(H,9,10);2*2-5H,1H3;3-4H,1-2H3;2-3H,1H3,(H,5,6);2*2-3H,1H3;2*2H,1H3,(H,4,5,6);2*2H,1H3;2*1H3,(H,3,4,5,6);2*1-2H3;2*1H4. The second-order valence-electron chi connectivity index (χ2n) is 20.3. The van der Waals surface area contributed by atoms with Gasteiger partial charge in [0.25, 0.3) is 0 Å². The molecule has 108 heavy (non-hydrogen) atoms. The maximum atomic E-state index is 5.26. The van der Waals surface area contributed by atoms with Crippen LogP contribution in [-0.2, 0) is 14.1 Å². The van der Waals surface area contributed by atoms with Crippen LogP contribution in [0.4, 0.5) is 0 Å². The van der Waals surface area contributed by atoms with Gasteiger partial charge in [-0.2, -0.15) is 20.6 Å². The molecule has 18 aromatic rings. The van der Waals surface area contributed by atoms with Gasteiger partial charge in [0.05, 0.1) is 48.5 Å². The Labute approximate surface area is 641 Å². The molecule has 0 spiro atoms. The zero-order chi connectivity index (χ0) is 77.7. The molecule has 0 aliphatic rings. The summed E-state index contributed by atoms with van der Waals surface area (Å²) in [6.07, 6.45) is 16.5. The Morgan fingerprint density at radius 1 is 0.454 bits per heavy atom. The van der Waals surface area contributed by atoms with E-state index in [0.717, 1.165) is 94.9 Å². The molecule has 0 aliphatic heterocycles. The second kappa shape index (κ2) is 56.0. The van der Waals surface area contributed by atoms with Crippen LogP contribution >= 0.6 is 34.0 Å². The van der Waals surface area contributed by atoms with Gasteiger partial charge in [-0.1, -0.05) is 102 Å². The lowest BCUT2D eigenvalue weighted by molar-refractivity contribution is 0.518. The average molecular weight is 1530 g/mol. The van der Waals surface area contributed by atoms with Gasteiger partial charge in [0, 0.05) is 71.2 Å². The molecule has 0 saturated heterocycles. The first kappa shape index (κ1) is 93.6. The highest BCUT2D eigenvalue weighted by molar-refractivity contribution is 7.18. The molecule has 6 N–H and O–H groups in total. The summed E-state index contributed by atoms with van der Waals surface area (Å²) < 4.78 is 19.9. The highest BCUT2D eigenvalue weighted by Gasteiger charge is 2.01. The SMILES string of the molecule is C.C.CC.CC.Cc1nc2ccccc2[nH]1.Cc1nc2ccccc2n1C.Cc1nc2ccccc2o1.Cc1nc2ccccc2s1.Cc1ncc[nH]1.Cc1nccn1C.Cc1ncco1.Cc1nccs1.Cc1ncn[nH]1.Cc1ncn[nH]1.Cc1nn[nH]n1.Cc1nn[nH]n1.Cc1nnco1.Cc1nncs1. The molecule has 0 unspecified atom stereocenters. The fraction of sp³-hybridized carbons (Fsp3) is 0.306. The van der Waals surface area contributed by atoms with Crippen molar-refractivity contribution in [2.75, 3.05) is 0 Å². The molecular formula is C72H102N30O3S3. The van der Waals surface area contributed by atoms with E-state index in [1.54, 1.807) is 104 Å². The fourth-order valence-corrected chi connectivity index (χ4v) is 8.72. The number of benzene rings is 4. The summed E-state index contributed by atoms with van der Waals surface area (Å²) in [6, 6.07) is 32.1. The van der Waals surface area contributed by atoms with E-state index < -0.39 is 0 Å². The van der Waals surface area contributed by atoms with Crippen molar-refractivity contribution in [2.45, 2.75) is 139 Å². The quantitative estimate of drug-likeness (QED) is 0.0821. The molecule has 0 amide bonds. The third-order valence-corrected chi connectivity index (χ3v) is 14.3. The van der Waals surface area contributed by atoms with Gasteiger partial charge >= 0.3 is 0 Å². The Kier molecular flexibility index (Phi) is 48.5. The summed E-state index contributed by atoms with van der Waals surface area (Å²) in [6.45, 7) is 34.5. The molecule has 36 heteroatoms. The number of oxazole rings is 2. The van der Waals surface area contributed by atoms with Crippen LogP contribution in [0.2, 0.25) is 0 Å². The Hall–Kier alpha value is -12.4. The van der Waals surface area contributed by atoms with Crippen LogP contribution in [0.3, 0.4) is 0 Å². The van der Waals surface area contributed by atoms with Gasteiger partial charge in [-0.3, -0.25) is 15.2 Å². The Morgan fingerprint density at radius 2 is 1.06 bits per heavy atom. The van der Waals surface area contributed by atoms with Crippen molar-refractivity contribution < 1.29 is 13.3 Å². The topological polar surface area (TPSA) is 428 Å². The number of hydrogen-bond donors (Lipinski definition) is 6. The van der Waals surface area contributed by atoms with Gasteiger partial charge in [-0.25, -0.2) is 44.9 Å². The van der Waals surface area contributed by atoms with Crippen LogP contribution in [0.25, 0.3) is 43.4 Å². The first-order valence-corrected chi connectivity index (χ1v) is 35.4. The number of tetrazole rings is 2. The van der Waals surface area contributed by atoms with Crippen molar-refractivity contribution in [1.29, 1.82) is 0 Å². The summed E-state index contributed by atoms with van der Waals surface area (Å²) >= 11 is 4.96. The van der Waals surface area contributed by atoms with E-state index in [0.29, 0.717) is 17.5 Å². The fourth-order valence-electron chi connectivity index (χ4n) is 7.11. The van der Waals surface area contributed by atoms with E-state index in [4.69, 9.17) is 8.83 Å². The summed E-state index contributed by atoms with van der Waals surface area (Å²) in [7, 11) is 4.01. The van der Waals surface area contributed by atoms with Crippen LogP contribution in [0.1, 0.15) is 122 Å². The lowest BCUT2D eigenvalue weighted by atomic mass is 10.3. The normalized spacial score (nSPS) is 9.15. The Balaban J connectivity index is 0.000000582. The van der Waals surface area contributed by atoms with Crippen LogP contribution in [0.5, 0.6) is 0 Å². The molecule has 0 atom stereocenters. The molecule has 18 rings (SSSR count). The van der Waals surface area contributed by atoms with E-state index in [-0.39, 0.29) is 14.9 Å². The highest BCUT2D eigenvalue weighted by Crippen LogP contribution is 2.20. The van der Waals surface area contributed by atoms with Crippen molar-refractivity contribution >= 4 is 77.4 Å². The number of aromatic amines is 6. The number of rotatable bonds is 0. The minimum atomic E-state index is 0. The number of imidazole rings is 4.